The Kier molecular flexibility index (Phi) is 5.79. The topological polar surface area (TPSA) is 75.3 Å². The fourth-order valence-corrected chi connectivity index (χ4v) is 3.43. The van der Waals surface area contributed by atoms with Crippen LogP contribution < -0.4 is 10.0 Å². The summed E-state index contributed by atoms with van der Waals surface area (Å²) in [5.74, 6) is -0.0230. The Bertz CT molecular complexity index is 755. The highest BCUT2D eigenvalue weighted by molar-refractivity contribution is 7.92. The zero-order valence-electron chi connectivity index (χ0n) is 13.1. The number of aryl methyl sites for hydroxylation is 1. The maximum absolute atomic E-state index is 12.0. The highest BCUT2D eigenvalue weighted by Crippen LogP contribution is 2.18. The molecule has 124 valence electrons. The van der Waals surface area contributed by atoms with Crippen molar-refractivity contribution in [2.45, 2.75) is 25.8 Å². The van der Waals surface area contributed by atoms with Crippen LogP contribution in [0, 0.1) is 0 Å². The van der Waals surface area contributed by atoms with Crippen LogP contribution in [0.2, 0.25) is 0 Å². The standard InChI is InChI=1S/C16H20N2O3S2/c1-12(17-16(19)7-6-13-8-9-22-11-13)14-4-3-5-15(10-14)18-23(2,20)21/h3-5,8-12,18H,6-7H2,1-2H3,(H,17,19). The van der Waals surface area contributed by atoms with E-state index < -0.39 is 10.0 Å². The van der Waals surface area contributed by atoms with Gasteiger partial charge in [-0.1, -0.05) is 12.1 Å². The van der Waals surface area contributed by atoms with Crippen LogP contribution in [0.5, 0.6) is 0 Å². The Hall–Kier alpha value is -1.86. The first kappa shape index (κ1) is 17.5. The first-order valence-corrected chi connectivity index (χ1v) is 10.0. The van der Waals surface area contributed by atoms with Crippen LogP contribution in [0.15, 0.2) is 41.1 Å². The summed E-state index contributed by atoms with van der Waals surface area (Å²) < 4.78 is 25.0. The number of thiophene rings is 1. The van der Waals surface area contributed by atoms with Gasteiger partial charge in [-0.25, -0.2) is 8.42 Å². The second kappa shape index (κ2) is 7.61. The van der Waals surface area contributed by atoms with E-state index in [2.05, 4.69) is 10.0 Å². The predicted molar refractivity (Wildman–Crippen MR) is 94.1 cm³/mol. The van der Waals surface area contributed by atoms with E-state index in [-0.39, 0.29) is 11.9 Å². The fraction of sp³-hybridized carbons (Fsp3) is 0.312. The van der Waals surface area contributed by atoms with Crippen LogP contribution in [0.3, 0.4) is 0 Å². The molecular formula is C16H20N2O3S2. The SMILES string of the molecule is CC(NC(=O)CCc1ccsc1)c1cccc(NS(C)(=O)=O)c1. The molecule has 0 saturated heterocycles. The summed E-state index contributed by atoms with van der Waals surface area (Å²) in [4.78, 5) is 12.0. The second-order valence-electron chi connectivity index (χ2n) is 5.42. The lowest BCUT2D eigenvalue weighted by atomic mass is 10.1. The van der Waals surface area contributed by atoms with Crippen LogP contribution in [-0.4, -0.2) is 20.6 Å². The first-order valence-electron chi connectivity index (χ1n) is 7.22. The lowest BCUT2D eigenvalue weighted by Crippen LogP contribution is -2.26. The number of anilines is 1. The molecule has 2 aromatic rings. The van der Waals surface area contributed by atoms with Gasteiger partial charge in [0.15, 0.2) is 0 Å². The molecule has 0 bridgehead atoms. The molecule has 1 atom stereocenters. The Morgan fingerprint density at radius 3 is 2.74 bits per heavy atom. The van der Waals surface area contributed by atoms with E-state index in [1.807, 2.05) is 29.8 Å². The monoisotopic (exact) mass is 352 g/mol. The smallest absolute Gasteiger partial charge is 0.229 e. The zero-order valence-corrected chi connectivity index (χ0v) is 14.7. The number of nitrogens with one attached hydrogen (secondary N) is 2. The summed E-state index contributed by atoms with van der Waals surface area (Å²) >= 11 is 1.62. The molecule has 23 heavy (non-hydrogen) atoms. The maximum atomic E-state index is 12.0. The number of rotatable bonds is 7. The first-order chi connectivity index (χ1) is 10.8. The summed E-state index contributed by atoms with van der Waals surface area (Å²) in [5, 5.41) is 6.97. The van der Waals surface area contributed by atoms with Crippen molar-refractivity contribution in [2.24, 2.45) is 0 Å². The number of hydrogen-bond acceptors (Lipinski definition) is 4. The predicted octanol–water partition coefficient (Wildman–Crippen LogP) is 2.93. The average Bonchev–Trinajstić information content (AvgIpc) is 2.97. The van der Waals surface area contributed by atoms with Gasteiger partial charge in [-0.2, -0.15) is 11.3 Å². The van der Waals surface area contributed by atoms with E-state index in [0.29, 0.717) is 12.1 Å². The molecule has 5 nitrogen and oxygen atoms in total. The zero-order chi connectivity index (χ0) is 16.9. The van der Waals surface area contributed by atoms with Crippen molar-refractivity contribution in [1.82, 2.24) is 5.32 Å². The molecule has 0 fully saturated rings. The molecule has 2 rings (SSSR count). The van der Waals surface area contributed by atoms with Gasteiger partial charge in [0.1, 0.15) is 0 Å². The molecule has 0 radical (unpaired) electrons. The number of carbonyl (C=O) groups is 1. The van der Waals surface area contributed by atoms with E-state index in [0.717, 1.165) is 23.8 Å². The van der Waals surface area contributed by atoms with Gasteiger partial charge in [0, 0.05) is 12.1 Å². The molecule has 0 saturated carbocycles. The number of hydrogen-bond donors (Lipinski definition) is 2. The van der Waals surface area contributed by atoms with Crippen molar-refractivity contribution < 1.29 is 13.2 Å². The minimum Gasteiger partial charge on any atom is -0.350 e. The largest absolute Gasteiger partial charge is 0.350 e. The molecule has 0 aliphatic heterocycles. The van der Waals surface area contributed by atoms with Crippen molar-refractivity contribution in [2.75, 3.05) is 11.0 Å². The van der Waals surface area contributed by atoms with Gasteiger partial charge in [0.05, 0.1) is 12.3 Å². The summed E-state index contributed by atoms with van der Waals surface area (Å²) in [6.45, 7) is 1.88. The highest BCUT2D eigenvalue weighted by atomic mass is 32.2. The van der Waals surface area contributed by atoms with Crippen LogP contribution in [0.1, 0.15) is 30.5 Å². The van der Waals surface area contributed by atoms with Gasteiger partial charge in [0.25, 0.3) is 0 Å². The number of amides is 1. The second-order valence-corrected chi connectivity index (χ2v) is 7.95. The van der Waals surface area contributed by atoms with E-state index in [9.17, 15) is 13.2 Å². The van der Waals surface area contributed by atoms with E-state index >= 15 is 0 Å². The summed E-state index contributed by atoms with van der Waals surface area (Å²) in [6.07, 6.45) is 2.26. The van der Waals surface area contributed by atoms with Crippen LogP contribution in [-0.2, 0) is 21.2 Å². The van der Waals surface area contributed by atoms with Gasteiger partial charge in [-0.05, 0) is 53.4 Å². The van der Waals surface area contributed by atoms with Crippen molar-refractivity contribution in [3.63, 3.8) is 0 Å². The summed E-state index contributed by atoms with van der Waals surface area (Å²) in [6, 6.07) is 8.85. The quantitative estimate of drug-likeness (QED) is 0.804. The van der Waals surface area contributed by atoms with Crippen LogP contribution >= 0.6 is 11.3 Å². The maximum Gasteiger partial charge on any atom is 0.229 e. The van der Waals surface area contributed by atoms with Gasteiger partial charge in [-0.15, -0.1) is 0 Å². The van der Waals surface area contributed by atoms with Crippen LogP contribution in [0.25, 0.3) is 0 Å². The van der Waals surface area contributed by atoms with Gasteiger partial charge >= 0.3 is 0 Å². The molecule has 1 unspecified atom stereocenters. The fourth-order valence-electron chi connectivity index (χ4n) is 2.18. The van der Waals surface area contributed by atoms with E-state index in [1.165, 1.54) is 0 Å². The van der Waals surface area contributed by atoms with Gasteiger partial charge in [0.2, 0.25) is 15.9 Å². The molecule has 0 aliphatic rings. The van der Waals surface area contributed by atoms with Crippen LogP contribution in [0.4, 0.5) is 5.69 Å². The average molecular weight is 352 g/mol. The Balaban J connectivity index is 1.93. The van der Waals surface area contributed by atoms with Crippen molar-refractivity contribution in [3.8, 4) is 0 Å². The number of benzene rings is 1. The third-order valence-corrected chi connectivity index (χ3v) is 4.63. The minimum atomic E-state index is -3.31. The minimum absolute atomic E-state index is 0.0230. The van der Waals surface area contributed by atoms with Crippen molar-refractivity contribution in [1.29, 1.82) is 0 Å². The Labute approximate surface area is 140 Å². The van der Waals surface area contributed by atoms with Crippen molar-refractivity contribution in [3.05, 3.63) is 52.2 Å². The Morgan fingerprint density at radius 2 is 2.09 bits per heavy atom. The van der Waals surface area contributed by atoms with Crippen molar-refractivity contribution >= 4 is 33.0 Å². The third-order valence-electron chi connectivity index (χ3n) is 3.29. The molecule has 7 heteroatoms. The van der Waals surface area contributed by atoms with E-state index in [1.54, 1.807) is 29.5 Å². The molecule has 0 aliphatic carbocycles. The Morgan fingerprint density at radius 1 is 1.30 bits per heavy atom. The molecule has 1 aromatic carbocycles. The lowest BCUT2D eigenvalue weighted by molar-refractivity contribution is -0.121. The molecule has 2 N–H and O–H groups in total. The van der Waals surface area contributed by atoms with Gasteiger partial charge in [-0.3, -0.25) is 9.52 Å². The van der Waals surface area contributed by atoms with E-state index in [4.69, 9.17) is 0 Å². The molecular weight excluding hydrogens is 332 g/mol. The molecule has 1 amide bonds. The molecule has 1 aromatic heterocycles. The van der Waals surface area contributed by atoms with Gasteiger partial charge < -0.3 is 5.32 Å². The number of sulfonamides is 1. The highest BCUT2D eigenvalue weighted by Gasteiger charge is 2.11. The summed E-state index contributed by atoms with van der Waals surface area (Å²) in [5.41, 5.74) is 2.50. The molecule has 0 spiro atoms. The third kappa shape index (κ3) is 6.03. The summed E-state index contributed by atoms with van der Waals surface area (Å²) in [7, 11) is -3.31. The number of carbonyl (C=O) groups excluding carboxylic acids is 1. The lowest BCUT2D eigenvalue weighted by Gasteiger charge is -2.15. The molecule has 1 heterocycles. The normalized spacial score (nSPS) is 12.6.